The van der Waals surface area contributed by atoms with E-state index >= 15 is 0 Å². The van der Waals surface area contributed by atoms with E-state index < -0.39 is 0 Å². The van der Waals surface area contributed by atoms with Crippen molar-refractivity contribution in [2.24, 2.45) is 5.92 Å². The molecule has 2 nitrogen and oxygen atoms in total. The fourth-order valence-corrected chi connectivity index (χ4v) is 2.03. The molecule has 1 fully saturated rings. The second-order valence-electron chi connectivity index (χ2n) is 4.61. The Bertz CT molecular complexity index is 128. The Labute approximate surface area is 81.7 Å². The second kappa shape index (κ2) is 5.61. The SMILES string of the molecule is CC(C)CC(O)C1CCCCCN1. The summed E-state index contributed by atoms with van der Waals surface area (Å²) >= 11 is 0. The molecule has 1 heterocycles. The Morgan fingerprint density at radius 3 is 2.77 bits per heavy atom. The van der Waals surface area contributed by atoms with Crippen molar-refractivity contribution in [2.75, 3.05) is 6.54 Å². The maximum atomic E-state index is 9.91. The van der Waals surface area contributed by atoms with E-state index in [4.69, 9.17) is 0 Å². The van der Waals surface area contributed by atoms with Gasteiger partial charge in [0.2, 0.25) is 0 Å². The largest absolute Gasteiger partial charge is 0.391 e. The van der Waals surface area contributed by atoms with Crippen molar-refractivity contribution < 1.29 is 5.11 Å². The van der Waals surface area contributed by atoms with Crippen molar-refractivity contribution in [1.29, 1.82) is 0 Å². The Morgan fingerprint density at radius 2 is 2.08 bits per heavy atom. The molecule has 0 radical (unpaired) electrons. The lowest BCUT2D eigenvalue weighted by atomic mass is 9.97. The lowest BCUT2D eigenvalue weighted by Crippen LogP contribution is -2.39. The molecule has 1 rings (SSSR count). The van der Waals surface area contributed by atoms with Gasteiger partial charge in [-0.25, -0.2) is 0 Å². The molecule has 0 spiro atoms. The molecular weight excluding hydrogens is 162 g/mol. The van der Waals surface area contributed by atoms with Gasteiger partial charge < -0.3 is 10.4 Å². The molecule has 2 N–H and O–H groups in total. The minimum atomic E-state index is -0.141. The van der Waals surface area contributed by atoms with Crippen LogP contribution in [-0.2, 0) is 0 Å². The molecule has 2 heteroatoms. The molecule has 1 aliphatic rings. The molecule has 2 unspecified atom stereocenters. The van der Waals surface area contributed by atoms with Crippen LogP contribution >= 0.6 is 0 Å². The van der Waals surface area contributed by atoms with Crippen LogP contribution in [0.25, 0.3) is 0 Å². The van der Waals surface area contributed by atoms with Gasteiger partial charge in [-0.3, -0.25) is 0 Å². The third-order valence-corrected chi connectivity index (χ3v) is 2.78. The zero-order chi connectivity index (χ0) is 9.68. The first kappa shape index (κ1) is 11.0. The molecule has 1 aliphatic heterocycles. The van der Waals surface area contributed by atoms with Gasteiger partial charge in [0.15, 0.2) is 0 Å². The van der Waals surface area contributed by atoms with Gasteiger partial charge >= 0.3 is 0 Å². The van der Waals surface area contributed by atoms with Crippen LogP contribution in [0.3, 0.4) is 0 Å². The van der Waals surface area contributed by atoms with Crippen LogP contribution in [0, 0.1) is 5.92 Å². The highest BCUT2D eigenvalue weighted by Crippen LogP contribution is 2.15. The van der Waals surface area contributed by atoms with E-state index in [1.54, 1.807) is 0 Å². The molecule has 0 aliphatic carbocycles. The second-order valence-corrected chi connectivity index (χ2v) is 4.61. The van der Waals surface area contributed by atoms with Crippen LogP contribution in [0.15, 0.2) is 0 Å². The van der Waals surface area contributed by atoms with Gasteiger partial charge in [-0.1, -0.05) is 26.7 Å². The summed E-state index contributed by atoms with van der Waals surface area (Å²) in [5.74, 6) is 0.597. The van der Waals surface area contributed by atoms with Crippen molar-refractivity contribution in [3.63, 3.8) is 0 Å². The summed E-state index contributed by atoms with van der Waals surface area (Å²) in [6.45, 7) is 5.42. The third-order valence-electron chi connectivity index (χ3n) is 2.78. The summed E-state index contributed by atoms with van der Waals surface area (Å²) in [7, 11) is 0. The summed E-state index contributed by atoms with van der Waals surface area (Å²) in [5, 5.41) is 13.3. The summed E-state index contributed by atoms with van der Waals surface area (Å²) < 4.78 is 0. The third kappa shape index (κ3) is 4.10. The van der Waals surface area contributed by atoms with Crippen LogP contribution in [0.2, 0.25) is 0 Å². The van der Waals surface area contributed by atoms with Crippen LogP contribution in [0.1, 0.15) is 46.0 Å². The summed E-state index contributed by atoms with van der Waals surface area (Å²) in [4.78, 5) is 0. The topological polar surface area (TPSA) is 32.3 Å². The first-order valence-corrected chi connectivity index (χ1v) is 5.61. The van der Waals surface area contributed by atoms with Gasteiger partial charge in [-0.15, -0.1) is 0 Å². The van der Waals surface area contributed by atoms with E-state index in [1.165, 1.54) is 19.3 Å². The summed E-state index contributed by atoms with van der Waals surface area (Å²) in [5.41, 5.74) is 0. The smallest absolute Gasteiger partial charge is 0.0695 e. The monoisotopic (exact) mass is 185 g/mol. The summed E-state index contributed by atoms with van der Waals surface area (Å²) in [6.07, 6.45) is 5.79. The summed E-state index contributed by atoms with van der Waals surface area (Å²) in [6, 6.07) is 0.352. The average Bonchev–Trinajstić information content (AvgIpc) is 2.29. The molecule has 0 amide bonds. The number of hydrogen-bond donors (Lipinski definition) is 2. The van der Waals surface area contributed by atoms with E-state index in [0.29, 0.717) is 12.0 Å². The van der Waals surface area contributed by atoms with Gasteiger partial charge in [0, 0.05) is 6.04 Å². The van der Waals surface area contributed by atoms with Gasteiger partial charge in [-0.2, -0.15) is 0 Å². The van der Waals surface area contributed by atoms with Gasteiger partial charge in [0.25, 0.3) is 0 Å². The minimum absolute atomic E-state index is 0.141. The first-order chi connectivity index (χ1) is 6.20. The Morgan fingerprint density at radius 1 is 1.31 bits per heavy atom. The van der Waals surface area contributed by atoms with Gasteiger partial charge in [0.1, 0.15) is 0 Å². The van der Waals surface area contributed by atoms with Crippen molar-refractivity contribution in [3.05, 3.63) is 0 Å². The molecule has 13 heavy (non-hydrogen) atoms. The maximum Gasteiger partial charge on any atom is 0.0695 e. The zero-order valence-electron chi connectivity index (χ0n) is 8.92. The molecule has 0 aromatic rings. The highest BCUT2D eigenvalue weighted by molar-refractivity contribution is 4.78. The number of hydrogen-bond acceptors (Lipinski definition) is 2. The normalized spacial score (nSPS) is 27.2. The quantitative estimate of drug-likeness (QED) is 0.704. The Hall–Kier alpha value is -0.0800. The Balaban J connectivity index is 2.30. The van der Waals surface area contributed by atoms with Crippen molar-refractivity contribution in [3.8, 4) is 0 Å². The lowest BCUT2D eigenvalue weighted by molar-refractivity contribution is 0.103. The molecular formula is C11H23NO. The molecule has 78 valence electrons. The van der Waals surface area contributed by atoms with E-state index in [1.807, 2.05) is 0 Å². The van der Waals surface area contributed by atoms with Crippen LogP contribution in [-0.4, -0.2) is 23.8 Å². The van der Waals surface area contributed by atoms with Gasteiger partial charge in [0.05, 0.1) is 6.10 Å². The molecule has 1 saturated heterocycles. The van der Waals surface area contributed by atoms with Crippen LogP contribution in [0.5, 0.6) is 0 Å². The number of nitrogens with one attached hydrogen (secondary N) is 1. The molecule has 0 aromatic carbocycles. The standard InChI is InChI=1S/C11H23NO/c1-9(2)8-11(13)10-6-4-3-5-7-12-10/h9-13H,3-8H2,1-2H3. The average molecular weight is 185 g/mol. The number of aliphatic hydroxyl groups is 1. The number of rotatable bonds is 3. The maximum absolute atomic E-state index is 9.91. The minimum Gasteiger partial charge on any atom is -0.391 e. The first-order valence-electron chi connectivity index (χ1n) is 5.61. The highest BCUT2D eigenvalue weighted by atomic mass is 16.3. The van der Waals surface area contributed by atoms with Crippen molar-refractivity contribution >= 4 is 0 Å². The van der Waals surface area contributed by atoms with Crippen LogP contribution in [0.4, 0.5) is 0 Å². The zero-order valence-corrected chi connectivity index (χ0v) is 8.92. The predicted octanol–water partition coefficient (Wildman–Crippen LogP) is 1.93. The van der Waals surface area contributed by atoms with Gasteiger partial charge in [-0.05, 0) is 31.7 Å². The van der Waals surface area contributed by atoms with E-state index in [-0.39, 0.29) is 6.10 Å². The number of aliphatic hydroxyl groups excluding tert-OH is 1. The fraction of sp³-hybridized carbons (Fsp3) is 1.00. The Kier molecular flexibility index (Phi) is 4.74. The highest BCUT2D eigenvalue weighted by Gasteiger charge is 2.20. The van der Waals surface area contributed by atoms with Crippen molar-refractivity contribution in [2.45, 2.75) is 58.1 Å². The van der Waals surface area contributed by atoms with E-state index in [9.17, 15) is 5.11 Å². The molecule has 0 saturated carbocycles. The molecule has 0 bridgehead atoms. The van der Waals surface area contributed by atoms with Crippen LogP contribution < -0.4 is 5.32 Å². The fourth-order valence-electron chi connectivity index (χ4n) is 2.03. The van der Waals surface area contributed by atoms with E-state index in [2.05, 4.69) is 19.2 Å². The van der Waals surface area contributed by atoms with E-state index in [0.717, 1.165) is 19.4 Å². The molecule has 0 aromatic heterocycles. The predicted molar refractivity (Wildman–Crippen MR) is 55.7 cm³/mol. The molecule has 2 atom stereocenters. The lowest BCUT2D eigenvalue weighted by Gasteiger charge is -2.23. The van der Waals surface area contributed by atoms with Crippen molar-refractivity contribution in [1.82, 2.24) is 5.32 Å².